The van der Waals surface area contributed by atoms with Crippen molar-refractivity contribution in [2.24, 2.45) is 0 Å². The Morgan fingerprint density at radius 3 is 2.88 bits per heavy atom. The summed E-state index contributed by atoms with van der Waals surface area (Å²) in [6, 6.07) is 0.572. The van der Waals surface area contributed by atoms with Gasteiger partial charge in [0.25, 0.3) is 5.91 Å². The molecular weight excluding hydrogens is 320 g/mol. The van der Waals surface area contributed by atoms with Crippen LogP contribution in [0.1, 0.15) is 62.4 Å². The third-order valence-corrected chi connectivity index (χ3v) is 4.79. The van der Waals surface area contributed by atoms with Crippen molar-refractivity contribution >= 4 is 11.9 Å². The molecular formula is C17H28N6O2. The first-order valence-corrected chi connectivity index (χ1v) is 9.43. The molecule has 1 aliphatic heterocycles. The van der Waals surface area contributed by atoms with E-state index in [1.807, 2.05) is 4.90 Å². The highest BCUT2D eigenvalue weighted by atomic mass is 16.2. The van der Waals surface area contributed by atoms with Gasteiger partial charge >= 0.3 is 6.03 Å². The number of aromatic nitrogens is 3. The normalized spacial score (nSPS) is 20.4. The van der Waals surface area contributed by atoms with Crippen LogP contribution in [-0.2, 0) is 6.54 Å². The summed E-state index contributed by atoms with van der Waals surface area (Å²) < 4.78 is 1.71. The van der Waals surface area contributed by atoms with Gasteiger partial charge < -0.3 is 15.5 Å². The Kier molecular flexibility index (Phi) is 5.88. The molecule has 1 aromatic heterocycles. The molecule has 8 nitrogen and oxygen atoms in total. The molecule has 2 N–H and O–H groups in total. The van der Waals surface area contributed by atoms with Gasteiger partial charge in [-0.1, -0.05) is 12.1 Å². The fraction of sp³-hybridized carbons (Fsp3) is 0.765. The molecule has 0 spiro atoms. The van der Waals surface area contributed by atoms with Gasteiger partial charge in [-0.15, -0.1) is 5.10 Å². The van der Waals surface area contributed by atoms with Crippen molar-refractivity contribution in [2.45, 2.75) is 70.5 Å². The number of carbonyl (C=O) groups excluding carboxylic acids is 2. The molecule has 1 aromatic rings. The predicted octanol–water partition coefficient (Wildman–Crippen LogP) is 1.53. The second-order valence-electron chi connectivity index (χ2n) is 6.98. The van der Waals surface area contributed by atoms with E-state index in [2.05, 4.69) is 27.9 Å². The number of nitrogens with one attached hydrogen (secondary N) is 2. The zero-order chi connectivity index (χ0) is 17.6. The van der Waals surface area contributed by atoms with Crippen molar-refractivity contribution in [1.82, 2.24) is 30.5 Å². The maximum absolute atomic E-state index is 12.3. The Labute approximate surface area is 148 Å². The molecule has 0 aromatic carbocycles. The zero-order valence-electron chi connectivity index (χ0n) is 14.9. The van der Waals surface area contributed by atoms with E-state index < -0.39 is 0 Å². The topological polar surface area (TPSA) is 92.2 Å². The Morgan fingerprint density at radius 2 is 2.12 bits per heavy atom. The smallest absolute Gasteiger partial charge is 0.317 e. The Bertz CT molecular complexity index is 598. The number of hydrogen-bond acceptors (Lipinski definition) is 4. The number of piperidine rings is 1. The summed E-state index contributed by atoms with van der Waals surface area (Å²) in [7, 11) is 0. The van der Waals surface area contributed by atoms with Gasteiger partial charge in [0, 0.05) is 31.7 Å². The van der Waals surface area contributed by atoms with Gasteiger partial charge in [0.05, 0.1) is 6.20 Å². The molecule has 8 heteroatoms. The molecule has 0 bridgehead atoms. The summed E-state index contributed by atoms with van der Waals surface area (Å²) in [5.41, 5.74) is 0.369. The summed E-state index contributed by atoms with van der Waals surface area (Å²) >= 11 is 0. The maximum atomic E-state index is 12.3. The molecule has 0 radical (unpaired) electrons. The lowest BCUT2D eigenvalue weighted by atomic mass is 10.00. The van der Waals surface area contributed by atoms with Crippen molar-refractivity contribution in [1.29, 1.82) is 0 Å². The molecule has 1 saturated carbocycles. The third-order valence-electron chi connectivity index (χ3n) is 4.79. The molecule has 1 aliphatic carbocycles. The summed E-state index contributed by atoms with van der Waals surface area (Å²) in [5, 5.41) is 13.9. The van der Waals surface area contributed by atoms with Crippen molar-refractivity contribution in [3.63, 3.8) is 0 Å². The molecule has 2 fully saturated rings. The molecule has 138 valence electrons. The van der Waals surface area contributed by atoms with E-state index in [0.29, 0.717) is 24.8 Å². The summed E-state index contributed by atoms with van der Waals surface area (Å²) in [4.78, 5) is 26.2. The van der Waals surface area contributed by atoms with Crippen LogP contribution in [0.4, 0.5) is 4.79 Å². The molecule has 25 heavy (non-hydrogen) atoms. The van der Waals surface area contributed by atoms with Crippen molar-refractivity contribution in [3.8, 4) is 0 Å². The highest BCUT2D eigenvalue weighted by Crippen LogP contribution is 2.21. The highest BCUT2D eigenvalue weighted by molar-refractivity contribution is 5.92. The number of hydrogen-bond donors (Lipinski definition) is 2. The van der Waals surface area contributed by atoms with Crippen LogP contribution in [0.5, 0.6) is 0 Å². The van der Waals surface area contributed by atoms with E-state index in [0.717, 1.165) is 51.5 Å². The van der Waals surface area contributed by atoms with Crippen LogP contribution >= 0.6 is 0 Å². The molecule has 3 amide bonds. The first-order chi connectivity index (χ1) is 12.2. The number of aryl methyl sites for hydroxylation is 1. The number of rotatable bonds is 7. The first kappa shape index (κ1) is 17.7. The van der Waals surface area contributed by atoms with E-state index in [-0.39, 0.29) is 18.0 Å². The summed E-state index contributed by atoms with van der Waals surface area (Å²) in [5.74, 6) is -0.146. The van der Waals surface area contributed by atoms with E-state index in [1.165, 1.54) is 0 Å². The Hall–Kier alpha value is -2.12. The molecule has 2 heterocycles. The number of urea groups is 1. The number of nitrogens with zero attached hydrogens (tertiary/aromatic N) is 4. The number of amides is 3. The van der Waals surface area contributed by atoms with Crippen LogP contribution in [-0.4, -0.2) is 57.0 Å². The summed E-state index contributed by atoms with van der Waals surface area (Å²) in [6.45, 7) is 4.23. The maximum Gasteiger partial charge on any atom is 0.317 e. The Morgan fingerprint density at radius 1 is 1.28 bits per heavy atom. The number of carbonyl (C=O) groups is 2. The Balaban J connectivity index is 1.51. The van der Waals surface area contributed by atoms with E-state index >= 15 is 0 Å². The van der Waals surface area contributed by atoms with Gasteiger partial charge in [0.1, 0.15) is 0 Å². The average molecular weight is 348 g/mol. The largest absolute Gasteiger partial charge is 0.348 e. The van der Waals surface area contributed by atoms with Gasteiger partial charge in [-0.3, -0.25) is 9.48 Å². The standard InChI is InChI=1S/C17H28N6O2/c1-2-9-18-17(25)23-10-4-3-5-14(23)8-11-22-12-15(20-21-22)16(24)19-13-6-7-13/h12-14H,2-11H2,1H3,(H,18,25)(H,19,24). The second kappa shape index (κ2) is 8.31. The van der Waals surface area contributed by atoms with Gasteiger partial charge in [0.2, 0.25) is 0 Å². The van der Waals surface area contributed by atoms with E-state index in [9.17, 15) is 9.59 Å². The minimum Gasteiger partial charge on any atom is -0.348 e. The fourth-order valence-electron chi connectivity index (χ4n) is 3.18. The fourth-order valence-corrected chi connectivity index (χ4v) is 3.18. The van der Waals surface area contributed by atoms with Gasteiger partial charge in [-0.05, 0) is 44.9 Å². The van der Waals surface area contributed by atoms with E-state index in [1.54, 1.807) is 10.9 Å². The summed E-state index contributed by atoms with van der Waals surface area (Å²) in [6.07, 6.45) is 8.79. The molecule has 1 atom stereocenters. The van der Waals surface area contributed by atoms with Crippen LogP contribution in [0.25, 0.3) is 0 Å². The minimum absolute atomic E-state index is 0.0367. The SMILES string of the molecule is CCCNC(=O)N1CCCCC1CCn1cc(C(=O)NC2CC2)nn1. The van der Waals surface area contributed by atoms with Gasteiger partial charge in [0.15, 0.2) is 5.69 Å². The highest BCUT2D eigenvalue weighted by Gasteiger charge is 2.27. The minimum atomic E-state index is -0.146. The van der Waals surface area contributed by atoms with Gasteiger partial charge in [-0.2, -0.15) is 0 Å². The zero-order valence-corrected chi connectivity index (χ0v) is 14.9. The molecule has 1 saturated heterocycles. The second-order valence-corrected chi connectivity index (χ2v) is 6.98. The molecule has 2 aliphatic rings. The molecule has 3 rings (SSSR count). The van der Waals surface area contributed by atoms with Crippen molar-refractivity contribution < 1.29 is 9.59 Å². The van der Waals surface area contributed by atoms with Crippen molar-refractivity contribution in [2.75, 3.05) is 13.1 Å². The van der Waals surface area contributed by atoms with Crippen LogP contribution in [0.3, 0.4) is 0 Å². The predicted molar refractivity (Wildman–Crippen MR) is 93.2 cm³/mol. The lowest BCUT2D eigenvalue weighted by molar-refractivity contribution is 0.0946. The molecule has 1 unspecified atom stereocenters. The average Bonchev–Trinajstić information content (AvgIpc) is 3.31. The third kappa shape index (κ3) is 4.93. The van der Waals surface area contributed by atoms with Crippen LogP contribution < -0.4 is 10.6 Å². The quantitative estimate of drug-likeness (QED) is 0.782. The lowest BCUT2D eigenvalue weighted by Gasteiger charge is -2.35. The van der Waals surface area contributed by atoms with Crippen LogP contribution in [0.2, 0.25) is 0 Å². The van der Waals surface area contributed by atoms with Crippen LogP contribution in [0, 0.1) is 0 Å². The monoisotopic (exact) mass is 348 g/mol. The lowest BCUT2D eigenvalue weighted by Crippen LogP contribution is -2.49. The number of likely N-dealkylation sites (tertiary alicyclic amines) is 1. The van der Waals surface area contributed by atoms with E-state index in [4.69, 9.17) is 0 Å². The van der Waals surface area contributed by atoms with Crippen molar-refractivity contribution in [3.05, 3.63) is 11.9 Å². The first-order valence-electron chi connectivity index (χ1n) is 9.43. The van der Waals surface area contributed by atoms with Gasteiger partial charge in [-0.25, -0.2) is 4.79 Å². The van der Waals surface area contributed by atoms with Crippen LogP contribution in [0.15, 0.2) is 6.20 Å².